The van der Waals surface area contributed by atoms with Crippen molar-refractivity contribution in [3.05, 3.63) is 65.2 Å². The molecule has 0 atom stereocenters. The lowest BCUT2D eigenvalue weighted by Gasteiger charge is -2.42. The number of rotatable bonds is 6. The predicted molar refractivity (Wildman–Crippen MR) is 102 cm³/mol. The summed E-state index contributed by atoms with van der Waals surface area (Å²) in [5, 5.41) is 3.02. The first-order valence-electron chi connectivity index (χ1n) is 8.76. The number of hydrogen-bond donors (Lipinski definition) is 2. The molecule has 2 aromatic rings. The summed E-state index contributed by atoms with van der Waals surface area (Å²) in [6.45, 7) is 2.36. The summed E-state index contributed by atoms with van der Waals surface area (Å²) < 4.78 is 26.3. The fourth-order valence-corrected chi connectivity index (χ4v) is 4.19. The molecule has 0 radical (unpaired) electrons. The number of hydrogen-bond acceptors (Lipinski definition) is 3. The molecule has 2 N–H and O–H groups in total. The van der Waals surface area contributed by atoms with E-state index >= 15 is 0 Å². The van der Waals surface area contributed by atoms with Crippen LogP contribution in [0.4, 0.5) is 0 Å². The van der Waals surface area contributed by atoms with E-state index in [1.807, 2.05) is 18.2 Å². The van der Waals surface area contributed by atoms with Gasteiger partial charge in [-0.25, -0.2) is 13.1 Å². The number of sulfonamides is 1. The van der Waals surface area contributed by atoms with Gasteiger partial charge in [-0.05, 0) is 50.1 Å². The summed E-state index contributed by atoms with van der Waals surface area (Å²) in [6, 6.07) is 14.9. The third kappa shape index (κ3) is 3.52. The summed E-state index contributed by atoms with van der Waals surface area (Å²) in [4.78, 5) is 12.8. The summed E-state index contributed by atoms with van der Waals surface area (Å²) in [7, 11) is -2.22. The van der Waals surface area contributed by atoms with Gasteiger partial charge in [0.25, 0.3) is 5.91 Å². The maximum absolute atomic E-state index is 12.7. The first-order chi connectivity index (χ1) is 12.4. The third-order valence-corrected chi connectivity index (χ3v) is 6.73. The van der Waals surface area contributed by atoms with Crippen molar-refractivity contribution in [2.24, 2.45) is 0 Å². The predicted octanol–water partition coefficient (Wildman–Crippen LogP) is 2.75. The highest BCUT2D eigenvalue weighted by molar-refractivity contribution is 7.89. The Morgan fingerprint density at radius 1 is 1.12 bits per heavy atom. The van der Waals surface area contributed by atoms with Crippen LogP contribution in [0.25, 0.3) is 0 Å². The number of carbonyl (C=O) groups excluding carboxylic acids is 1. The molecule has 0 saturated heterocycles. The Morgan fingerprint density at radius 3 is 2.38 bits per heavy atom. The lowest BCUT2D eigenvalue weighted by Crippen LogP contribution is -2.45. The zero-order valence-corrected chi connectivity index (χ0v) is 15.9. The van der Waals surface area contributed by atoms with Gasteiger partial charge in [0.05, 0.1) is 4.90 Å². The van der Waals surface area contributed by atoms with E-state index in [4.69, 9.17) is 0 Å². The number of benzene rings is 2. The van der Waals surface area contributed by atoms with Gasteiger partial charge < -0.3 is 5.32 Å². The van der Waals surface area contributed by atoms with Crippen LogP contribution in [0.15, 0.2) is 53.4 Å². The van der Waals surface area contributed by atoms with Crippen molar-refractivity contribution in [1.29, 1.82) is 0 Å². The third-order valence-electron chi connectivity index (χ3n) is 5.32. The van der Waals surface area contributed by atoms with Crippen LogP contribution in [0.2, 0.25) is 0 Å². The first kappa shape index (κ1) is 18.6. The van der Waals surface area contributed by atoms with Crippen molar-refractivity contribution in [1.82, 2.24) is 10.0 Å². The quantitative estimate of drug-likeness (QED) is 0.819. The van der Waals surface area contributed by atoms with Crippen molar-refractivity contribution in [2.45, 2.75) is 36.5 Å². The standard InChI is InChI=1S/C20H24N2O3S/c1-15-9-10-17(26(24,25)21-2)13-18(15)19(23)22-14-20(11-6-12-20)16-7-4-3-5-8-16/h3-5,7-10,13,21H,6,11-12,14H2,1-2H3,(H,22,23). The highest BCUT2D eigenvalue weighted by Crippen LogP contribution is 2.43. The molecule has 26 heavy (non-hydrogen) atoms. The van der Waals surface area contributed by atoms with Gasteiger partial charge >= 0.3 is 0 Å². The molecular formula is C20H24N2O3S. The Balaban J connectivity index is 1.79. The monoisotopic (exact) mass is 372 g/mol. The van der Waals surface area contributed by atoms with Gasteiger partial charge in [-0.1, -0.05) is 42.8 Å². The maximum atomic E-state index is 12.7. The van der Waals surface area contributed by atoms with Gasteiger partial charge in [-0.15, -0.1) is 0 Å². The van der Waals surface area contributed by atoms with Crippen molar-refractivity contribution >= 4 is 15.9 Å². The molecule has 1 fully saturated rings. The van der Waals surface area contributed by atoms with Gasteiger partial charge in [-0.2, -0.15) is 0 Å². The zero-order valence-electron chi connectivity index (χ0n) is 15.1. The molecule has 6 heteroatoms. The Bertz CT molecular complexity index is 904. The molecule has 2 aromatic carbocycles. The van der Waals surface area contributed by atoms with Gasteiger partial charge in [0.2, 0.25) is 10.0 Å². The molecule has 1 amide bonds. The average Bonchev–Trinajstić information content (AvgIpc) is 2.61. The van der Waals surface area contributed by atoms with Crippen LogP contribution in [0, 0.1) is 6.92 Å². The highest BCUT2D eigenvalue weighted by Gasteiger charge is 2.38. The van der Waals surface area contributed by atoms with Gasteiger partial charge in [0, 0.05) is 17.5 Å². The molecule has 0 spiro atoms. The van der Waals surface area contributed by atoms with Crippen molar-refractivity contribution in [2.75, 3.05) is 13.6 Å². The molecule has 138 valence electrons. The summed E-state index contributed by atoms with van der Waals surface area (Å²) in [6.07, 6.45) is 3.24. The maximum Gasteiger partial charge on any atom is 0.251 e. The largest absolute Gasteiger partial charge is 0.351 e. The second-order valence-corrected chi connectivity index (χ2v) is 8.75. The molecule has 1 aliphatic rings. The molecule has 0 aliphatic heterocycles. The van der Waals surface area contributed by atoms with Crippen LogP contribution in [0.1, 0.15) is 40.7 Å². The smallest absolute Gasteiger partial charge is 0.251 e. The van der Waals surface area contributed by atoms with E-state index in [1.54, 1.807) is 13.0 Å². The fourth-order valence-electron chi connectivity index (χ4n) is 3.44. The molecule has 0 heterocycles. The van der Waals surface area contributed by atoms with Crippen LogP contribution in [0.3, 0.4) is 0 Å². The summed E-state index contributed by atoms with van der Waals surface area (Å²) in [5.41, 5.74) is 2.37. The van der Waals surface area contributed by atoms with Crippen LogP contribution >= 0.6 is 0 Å². The zero-order chi connectivity index (χ0) is 18.8. The molecule has 3 rings (SSSR count). The van der Waals surface area contributed by atoms with Crippen LogP contribution in [-0.2, 0) is 15.4 Å². The SMILES string of the molecule is CNS(=O)(=O)c1ccc(C)c(C(=O)NCC2(c3ccccc3)CCC2)c1. The Labute approximate surface area is 154 Å². The molecule has 5 nitrogen and oxygen atoms in total. The number of amides is 1. The van der Waals surface area contributed by atoms with Crippen molar-refractivity contribution in [3.63, 3.8) is 0 Å². The second kappa shape index (κ2) is 7.21. The van der Waals surface area contributed by atoms with Crippen LogP contribution < -0.4 is 10.0 Å². The minimum atomic E-state index is -3.58. The average molecular weight is 372 g/mol. The van der Waals surface area contributed by atoms with E-state index in [1.165, 1.54) is 24.7 Å². The minimum Gasteiger partial charge on any atom is -0.351 e. The van der Waals surface area contributed by atoms with Gasteiger partial charge in [0.15, 0.2) is 0 Å². The lowest BCUT2D eigenvalue weighted by atomic mass is 9.64. The highest BCUT2D eigenvalue weighted by atomic mass is 32.2. The number of nitrogens with one attached hydrogen (secondary N) is 2. The van der Waals surface area contributed by atoms with E-state index in [0.717, 1.165) is 24.8 Å². The van der Waals surface area contributed by atoms with E-state index in [9.17, 15) is 13.2 Å². The second-order valence-electron chi connectivity index (χ2n) is 6.87. The molecule has 1 aliphatic carbocycles. The van der Waals surface area contributed by atoms with Gasteiger partial charge in [-0.3, -0.25) is 4.79 Å². The minimum absolute atomic E-state index is 0.0144. The lowest BCUT2D eigenvalue weighted by molar-refractivity contribution is 0.0927. The molecule has 0 aromatic heterocycles. The van der Waals surface area contributed by atoms with Crippen molar-refractivity contribution in [3.8, 4) is 0 Å². The van der Waals surface area contributed by atoms with Gasteiger partial charge in [0.1, 0.15) is 0 Å². The molecule has 0 bridgehead atoms. The Hall–Kier alpha value is -2.18. The molecular weight excluding hydrogens is 348 g/mol. The first-order valence-corrected chi connectivity index (χ1v) is 10.2. The fraction of sp³-hybridized carbons (Fsp3) is 0.350. The van der Waals surface area contributed by atoms with E-state index in [0.29, 0.717) is 12.1 Å². The van der Waals surface area contributed by atoms with E-state index in [2.05, 4.69) is 22.2 Å². The normalized spacial score (nSPS) is 15.9. The van der Waals surface area contributed by atoms with E-state index in [-0.39, 0.29) is 16.2 Å². The summed E-state index contributed by atoms with van der Waals surface area (Å²) in [5.74, 6) is -0.238. The molecule has 1 saturated carbocycles. The van der Waals surface area contributed by atoms with Crippen LogP contribution in [-0.4, -0.2) is 27.9 Å². The van der Waals surface area contributed by atoms with Crippen molar-refractivity contribution < 1.29 is 13.2 Å². The number of carbonyl (C=O) groups is 1. The topological polar surface area (TPSA) is 75.3 Å². The van der Waals surface area contributed by atoms with E-state index < -0.39 is 10.0 Å². The number of aryl methyl sites for hydroxylation is 1. The summed E-state index contributed by atoms with van der Waals surface area (Å²) >= 11 is 0. The Morgan fingerprint density at radius 2 is 1.81 bits per heavy atom. The molecule has 0 unspecified atom stereocenters. The van der Waals surface area contributed by atoms with Crippen LogP contribution in [0.5, 0.6) is 0 Å². The Kier molecular flexibility index (Phi) is 5.16.